The topological polar surface area (TPSA) is 89.0 Å². The van der Waals surface area contributed by atoms with Gasteiger partial charge in [-0.25, -0.2) is 14.6 Å². The second kappa shape index (κ2) is 5.58. The molecule has 0 bridgehead atoms. The summed E-state index contributed by atoms with van der Waals surface area (Å²) in [5, 5.41) is 11.7. The van der Waals surface area contributed by atoms with Crippen molar-refractivity contribution < 1.29 is 4.63 Å². The molecule has 0 aliphatic rings. The molecule has 22 heavy (non-hydrogen) atoms. The molecule has 0 amide bonds. The maximum absolute atomic E-state index is 4.69. The molecule has 0 atom stereocenters. The second-order valence-corrected chi connectivity index (χ2v) is 5.37. The summed E-state index contributed by atoms with van der Waals surface area (Å²) < 4.78 is 6.49. The van der Waals surface area contributed by atoms with Gasteiger partial charge in [-0.2, -0.15) is 5.10 Å². The number of likely N-dealkylation sites (N-methyl/N-ethyl adjacent to an activating group) is 1. The lowest BCUT2D eigenvalue weighted by Gasteiger charge is -2.22. The van der Waals surface area contributed by atoms with Crippen molar-refractivity contribution in [2.24, 2.45) is 7.05 Å². The predicted octanol–water partition coefficient (Wildman–Crippen LogP) is 0.491. The molecule has 0 aliphatic heterocycles. The van der Waals surface area contributed by atoms with Crippen LogP contribution in [0.3, 0.4) is 0 Å². The number of aromatic nitrogens is 6. The summed E-state index contributed by atoms with van der Waals surface area (Å²) in [4.78, 5) is 12.9. The van der Waals surface area contributed by atoms with Gasteiger partial charge in [-0.1, -0.05) is 0 Å². The number of anilines is 2. The summed E-state index contributed by atoms with van der Waals surface area (Å²) in [7, 11) is 7.73. The Morgan fingerprint density at radius 3 is 2.36 bits per heavy atom. The third kappa shape index (κ3) is 2.69. The van der Waals surface area contributed by atoms with Gasteiger partial charge in [0.15, 0.2) is 11.6 Å². The molecule has 0 N–H and O–H groups in total. The summed E-state index contributed by atoms with van der Waals surface area (Å²) >= 11 is 0. The van der Waals surface area contributed by atoms with Crippen LogP contribution in [0.4, 0.5) is 11.6 Å². The third-order valence-electron chi connectivity index (χ3n) is 3.36. The molecule has 0 spiro atoms. The smallest absolute Gasteiger partial charge is 0.245 e. The van der Waals surface area contributed by atoms with Crippen LogP contribution in [-0.4, -0.2) is 57.7 Å². The summed E-state index contributed by atoms with van der Waals surface area (Å²) in [5.41, 5.74) is 2.00. The largest absolute Gasteiger partial charge is 0.360 e. The van der Waals surface area contributed by atoms with Crippen molar-refractivity contribution in [3.8, 4) is 0 Å². The molecule has 0 unspecified atom stereocenters. The Bertz CT molecular complexity index is 777. The first-order chi connectivity index (χ1) is 10.5. The Morgan fingerprint density at radius 2 is 1.77 bits per heavy atom. The minimum Gasteiger partial charge on any atom is -0.360 e. The van der Waals surface area contributed by atoms with Crippen molar-refractivity contribution in [1.82, 2.24) is 30.1 Å². The van der Waals surface area contributed by atoms with Crippen LogP contribution < -0.4 is 9.80 Å². The average molecular weight is 302 g/mol. The van der Waals surface area contributed by atoms with Crippen LogP contribution in [0.5, 0.6) is 0 Å². The van der Waals surface area contributed by atoms with Crippen molar-refractivity contribution in [2.45, 2.75) is 6.42 Å². The van der Waals surface area contributed by atoms with E-state index in [1.54, 1.807) is 4.68 Å². The molecule has 116 valence electrons. The molecular formula is C13H18N8O. The van der Waals surface area contributed by atoms with E-state index in [4.69, 9.17) is 4.63 Å². The number of hydrogen-bond donors (Lipinski definition) is 0. The van der Waals surface area contributed by atoms with Gasteiger partial charge in [0, 0.05) is 40.9 Å². The highest BCUT2D eigenvalue weighted by molar-refractivity contribution is 5.74. The Morgan fingerprint density at radius 1 is 1.09 bits per heavy atom. The first-order valence-corrected chi connectivity index (χ1v) is 6.91. The molecule has 0 saturated heterocycles. The third-order valence-corrected chi connectivity index (χ3v) is 3.36. The Kier molecular flexibility index (Phi) is 3.61. The van der Waals surface area contributed by atoms with E-state index in [0.717, 1.165) is 24.6 Å². The van der Waals surface area contributed by atoms with Crippen LogP contribution in [0.2, 0.25) is 0 Å². The maximum atomic E-state index is 4.69. The maximum Gasteiger partial charge on any atom is 0.245 e. The van der Waals surface area contributed by atoms with Gasteiger partial charge in [0.25, 0.3) is 0 Å². The van der Waals surface area contributed by atoms with E-state index in [0.29, 0.717) is 11.3 Å². The van der Waals surface area contributed by atoms with Gasteiger partial charge in [0.1, 0.15) is 0 Å². The molecule has 0 aromatic carbocycles. The van der Waals surface area contributed by atoms with E-state index in [2.05, 4.69) is 25.4 Å². The molecule has 3 aromatic heterocycles. The Hall–Kier alpha value is -2.71. The minimum atomic E-state index is 0.410. The first-order valence-electron chi connectivity index (χ1n) is 6.91. The Balaban J connectivity index is 1.85. The van der Waals surface area contributed by atoms with Gasteiger partial charge in [-0.15, -0.1) is 0 Å². The van der Waals surface area contributed by atoms with Crippen LogP contribution in [0.1, 0.15) is 5.56 Å². The first kappa shape index (κ1) is 14.2. The van der Waals surface area contributed by atoms with Crippen LogP contribution in [0.15, 0.2) is 17.0 Å². The van der Waals surface area contributed by atoms with E-state index < -0.39 is 0 Å². The van der Waals surface area contributed by atoms with Gasteiger partial charge in [0.2, 0.25) is 11.3 Å². The normalized spacial score (nSPS) is 11.1. The number of rotatable bonds is 5. The zero-order valence-electron chi connectivity index (χ0n) is 13.1. The van der Waals surface area contributed by atoms with Crippen molar-refractivity contribution in [1.29, 1.82) is 0 Å². The molecule has 9 nitrogen and oxygen atoms in total. The highest BCUT2D eigenvalue weighted by Gasteiger charge is 2.17. The van der Waals surface area contributed by atoms with E-state index in [1.807, 2.05) is 50.4 Å². The fourth-order valence-electron chi connectivity index (χ4n) is 2.18. The van der Waals surface area contributed by atoms with E-state index in [9.17, 15) is 0 Å². The summed E-state index contributed by atoms with van der Waals surface area (Å²) in [6.45, 7) is 0.790. The fraction of sp³-hybridized carbons (Fsp3) is 0.462. The lowest BCUT2D eigenvalue weighted by Crippen LogP contribution is -2.25. The quantitative estimate of drug-likeness (QED) is 0.673. The second-order valence-electron chi connectivity index (χ2n) is 5.37. The van der Waals surface area contributed by atoms with Crippen LogP contribution in [0.25, 0.3) is 11.3 Å². The lowest BCUT2D eigenvalue weighted by molar-refractivity contribution is 0.314. The molecular weight excluding hydrogens is 284 g/mol. The van der Waals surface area contributed by atoms with Crippen molar-refractivity contribution in [3.05, 3.63) is 18.0 Å². The standard InChI is InChI=1S/C13H18N8O/c1-19(2)12-13(16-11-10(15-12)17-22-18-11)20(3)6-5-9-7-14-21(4)8-9/h7-8H,5-6H2,1-4H3. The minimum absolute atomic E-state index is 0.410. The highest BCUT2D eigenvalue weighted by atomic mass is 16.6. The number of aryl methyl sites for hydroxylation is 1. The van der Waals surface area contributed by atoms with Gasteiger partial charge >= 0.3 is 0 Å². The van der Waals surface area contributed by atoms with Gasteiger partial charge < -0.3 is 9.80 Å². The molecule has 3 aromatic rings. The molecule has 9 heteroatoms. The van der Waals surface area contributed by atoms with Crippen molar-refractivity contribution in [2.75, 3.05) is 37.5 Å². The van der Waals surface area contributed by atoms with Crippen molar-refractivity contribution in [3.63, 3.8) is 0 Å². The van der Waals surface area contributed by atoms with E-state index in [1.165, 1.54) is 5.56 Å². The molecule has 0 saturated carbocycles. The number of hydrogen-bond acceptors (Lipinski definition) is 8. The molecule has 3 rings (SSSR count). The van der Waals surface area contributed by atoms with E-state index >= 15 is 0 Å². The number of nitrogens with zero attached hydrogens (tertiary/aromatic N) is 8. The lowest BCUT2D eigenvalue weighted by atomic mass is 10.2. The average Bonchev–Trinajstić information content (AvgIpc) is 3.11. The highest BCUT2D eigenvalue weighted by Crippen LogP contribution is 2.24. The molecule has 0 radical (unpaired) electrons. The SMILES string of the molecule is CN(C)c1nc2nonc2nc1N(C)CCc1cnn(C)c1. The number of fused-ring (bicyclic) bond motifs is 1. The van der Waals surface area contributed by atoms with Crippen LogP contribution in [-0.2, 0) is 13.5 Å². The zero-order chi connectivity index (χ0) is 15.7. The molecule has 0 fully saturated rings. The predicted molar refractivity (Wildman–Crippen MR) is 81.9 cm³/mol. The summed E-state index contributed by atoms with van der Waals surface area (Å²) in [6.07, 6.45) is 4.75. The molecule has 0 aliphatic carbocycles. The summed E-state index contributed by atoms with van der Waals surface area (Å²) in [6, 6.07) is 0. The Labute approximate surface area is 127 Å². The van der Waals surface area contributed by atoms with Crippen LogP contribution in [0, 0.1) is 0 Å². The summed E-state index contributed by atoms with van der Waals surface area (Å²) in [5.74, 6) is 1.48. The van der Waals surface area contributed by atoms with Gasteiger partial charge in [-0.3, -0.25) is 4.68 Å². The van der Waals surface area contributed by atoms with Crippen molar-refractivity contribution >= 4 is 22.9 Å². The fourth-order valence-corrected chi connectivity index (χ4v) is 2.18. The van der Waals surface area contributed by atoms with E-state index in [-0.39, 0.29) is 0 Å². The van der Waals surface area contributed by atoms with Gasteiger partial charge in [-0.05, 0) is 22.3 Å². The zero-order valence-corrected chi connectivity index (χ0v) is 13.1. The monoisotopic (exact) mass is 302 g/mol. The van der Waals surface area contributed by atoms with Gasteiger partial charge in [0.05, 0.1) is 6.20 Å². The molecule has 3 heterocycles. The van der Waals surface area contributed by atoms with Crippen LogP contribution >= 0.6 is 0 Å².